The van der Waals surface area contributed by atoms with Crippen LogP contribution in [0.15, 0.2) is 42.6 Å². The van der Waals surface area contributed by atoms with Crippen molar-refractivity contribution in [3.63, 3.8) is 0 Å². The van der Waals surface area contributed by atoms with Gasteiger partial charge in [0, 0.05) is 23.9 Å². The van der Waals surface area contributed by atoms with Crippen molar-refractivity contribution in [3.05, 3.63) is 54.1 Å². The van der Waals surface area contributed by atoms with Crippen LogP contribution in [-0.4, -0.2) is 50.6 Å². The Labute approximate surface area is 167 Å². The van der Waals surface area contributed by atoms with E-state index in [4.69, 9.17) is 14.8 Å². The maximum Gasteiger partial charge on any atom is 0.179 e. The number of anilines is 1. The lowest BCUT2D eigenvalue weighted by molar-refractivity contribution is 0.0984. The molecular formula is C21H21FN6O. The van der Waals surface area contributed by atoms with E-state index in [9.17, 15) is 4.39 Å². The van der Waals surface area contributed by atoms with Gasteiger partial charge < -0.3 is 9.64 Å². The van der Waals surface area contributed by atoms with Crippen LogP contribution in [0.2, 0.25) is 0 Å². The maximum absolute atomic E-state index is 14.8. The molecule has 1 aliphatic heterocycles. The van der Waals surface area contributed by atoms with Gasteiger partial charge in [0.25, 0.3) is 0 Å². The van der Waals surface area contributed by atoms with E-state index in [1.165, 1.54) is 6.07 Å². The summed E-state index contributed by atoms with van der Waals surface area (Å²) in [6.45, 7) is 6.01. The van der Waals surface area contributed by atoms with Gasteiger partial charge in [-0.15, -0.1) is 5.10 Å². The second kappa shape index (κ2) is 6.97. The number of aromatic nitrogens is 5. The van der Waals surface area contributed by atoms with Crippen LogP contribution in [-0.2, 0) is 4.74 Å². The Hall–Kier alpha value is -3.26. The van der Waals surface area contributed by atoms with Gasteiger partial charge in [-0.05, 0) is 32.0 Å². The average Bonchev–Trinajstić information content (AvgIpc) is 3.36. The molecule has 7 nitrogen and oxygen atoms in total. The Bertz CT molecular complexity index is 1170. The number of aromatic amines is 1. The molecule has 0 bridgehead atoms. The van der Waals surface area contributed by atoms with Crippen LogP contribution in [0.3, 0.4) is 0 Å². The molecule has 1 atom stereocenters. The first-order valence-electron chi connectivity index (χ1n) is 9.63. The Morgan fingerprint density at radius 3 is 2.83 bits per heavy atom. The summed E-state index contributed by atoms with van der Waals surface area (Å²) in [4.78, 5) is 6.91. The number of H-pyrrole nitrogens is 1. The number of halogens is 1. The monoisotopic (exact) mass is 392 g/mol. The summed E-state index contributed by atoms with van der Waals surface area (Å²) >= 11 is 0. The molecule has 4 heterocycles. The summed E-state index contributed by atoms with van der Waals surface area (Å²) in [5.41, 5.74) is 3.61. The third-order valence-electron chi connectivity index (χ3n) is 5.33. The van der Waals surface area contributed by atoms with Crippen molar-refractivity contribution in [2.24, 2.45) is 0 Å². The number of nitrogens with zero attached hydrogens (tertiary/aromatic N) is 5. The number of fused-ring (bicyclic) bond motifs is 1. The van der Waals surface area contributed by atoms with Gasteiger partial charge in [0.2, 0.25) is 0 Å². The number of nitrogens with one attached hydrogen (secondary N) is 1. The molecule has 4 aromatic rings. The summed E-state index contributed by atoms with van der Waals surface area (Å²) in [6.07, 6.45) is 1.68. The minimum atomic E-state index is -0.273. The van der Waals surface area contributed by atoms with E-state index in [0.717, 1.165) is 34.8 Å². The third-order valence-corrected chi connectivity index (χ3v) is 5.33. The highest BCUT2D eigenvalue weighted by Crippen LogP contribution is 2.34. The number of rotatable bonds is 3. The minimum absolute atomic E-state index is 0.169. The van der Waals surface area contributed by atoms with Gasteiger partial charge in [-0.1, -0.05) is 18.2 Å². The van der Waals surface area contributed by atoms with Gasteiger partial charge in [-0.25, -0.2) is 13.9 Å². The van der Waals surface area contributed by atoms with E-state index in [1.54, 1.807) is 22.8 Å². The Morgan fingerprint density at radius 1 is 1.21 bits per heavy atom. The van der Waals surface area contributed by atoms with Gasteiger partial charge in [0.1, 0.15) is 11.5 Å². The first-order chi connectivity index (χ1) is 14.1. The van der Waals surface area contributed by atoms with Crippen LogP contribution in [0.1, 0.15) is 12.6 Å². The van der Waals surface area contributed by atoms with Crippen molar-refractivity contribution in [2.75, 3.05) is 24.7 Å². The second-order valence-corrected chi connectivity index (χ2v) is 7.26. The number of hydrogen-bond donors (Lipinski definition) is 1. The fourth-order valence-electron chi connectivity index (χ4n) is 3.90. The summed E-state index contributed by atoms with van der Waals surface area (Å²) in [7, 11) is 0. The topological polar surface area (TPSA) is 71.3 Å². The van der Waals surface area contributed by atoms with Gasteiger partial charge in [-0.3, -0.25) is 5.10 Å². The summed E-state index contributed by atoms with van der Waals surface area (Å²) in [6, 6.07) is 10.8. The maximum atomic E-state index is 14.8. The molecule has 0 radical (unpaired) electrons. The molecule has 1 aromatic carbocycles. The normalized spacial score (nSPS) is 17.2. The summed E-state index contributed by atoms with van der Waals surface area (Å²) in [5, 5.41) is 11.9. The lowest BCUT2D eigenvalue weighted by Gasteiger charge is -2.34. The Kier molecular flexibility index (Phi) is 4.28. The van der Waals surface area contributed by atoms with E-state index in [-0.39, 0.29) is 11.9 Å². The highest BCUT2D eigenvalue weighted by Gasteiger charge is 2.25. The Balaban J connectivity index is 1.81. The predicted molar refractivity (Wildman–Crippen MR) is 108 cm³/mol. The number of ether oxygens (including phenoxy) is 1. The van der Waals surface area contributed by atoms with Crippen molar-refractivity contribution in [2.45, 2.75) is 19.9 Å². The van der Waals surface area contributed by atoms with Gasteiger partial charge in [0.05, 0.1) is 30.5 Å². The van der Waals surface area contributed by atoms with Crippen molar-refractivity contribution < 1.29 is 9.13 Å². The molecule has 1 N–H and O–H groups in total. The molecule has 1 unspecified atom stereocenters. The van der Waals surface area contributed by atoms with Crippen LogP contribution >= 0.6 is 0 Å². The molecule has 0 amide bonds. The SMILES string of the molecule is Cc1nc(-c2ccn[nH]2)n2nc(N3CCOCC3C)cc(-c3ccccc3F)c12. The molecule has 5 rings (SSSR count). The zero-order chi connectivity index (χ0) is 20.0. The van der Waals surface area contributed by atoms with Crippen LogP contribution < -0.4 is 4.90 Å². The summed E-state index contributed by atoms with van der Waals surface area (Å²) in [5.74, 6) is 1.14. The number of aryl methyl sites for hydroxylation is 1. The molecule has 148 valence electrons. The van der Waals surface area contributed by atoms with Crippen molar-refractivity contribution in [1.29, 1.82) is 0 Å². The smallest absolute Gasteiger partial charge is 0.179 e. The molecule has 0 aliphatic carbocycles. The van der Waals surface area contributed by atoms with E-state index < -0.39 is 0 Å². The van der Waals surface area contributed by atoms with Gasteiger partial charge in [-0.2, -0.15) is 5.10 Å². The standard InChI is InChI=1S/C21H21FN6O/c1-13-12-29-10-9-27(13)19-11-16(15-5-3-4-6-17(15)22)20-14(2)24-21(28(20)26-19)18-7-8-23-25-18/h3-8,11,13H,9-10,12H2,1-2H3,(H,23,25). The van der Waals surface area contributed by atoms with E-state index in [1.807, 2.05) is 25.1 Å². The van der Waals surface area contributed by atoms with E-state index in [2.05, 4.69) is 22.0 Å². The molecule has 8 heteroatoms. The zero-order valence-electron chi connectivity index (χ0n) is 16.3. The van der Waals surface area contributed by atoms with Crippen molar-refractivity contribution in [1.82, 2.24) is 24.8 Å². The largest absolute Gasteiger partial charge is 0.377 e. The quantitative estimate of drug-likeness (QED) is 0.578. The first-order valence-corrected chi connectivity index (χ1v) is 9.63. The van der Waals surface area contributed by atoms with Crippen LogP contribution in [0, 0.1) is 12.7 Å². The average molecular weight is 392 g/mol. The fraction of sp³-hybridized carbons (Fsp3) is 0.286. The number of imidazole rings is 1. The van der Waals surface area contributed by atoms with Crippen molar-refractivity contribution in [3.8, 4) is 22.6 Å². The zero-order valence-corrected chi connectivity index (χ0v) is 16.3. The molecule has 1 saturated heterocycles. The number of benzene rings is 1. The molecule has 1 fully saturated rings. The molecule has 1 aliphatic rings. The number of morpholine rings is 1. The van der Waals surface area contributed by atoms with E-state index in [0.29, 0.717) is 24.6 Å². The molecular weight excluding hydrogens is 371 g/mol. The predicted octanol–water partition coefficient (Wildman–Crippen LogP) is 3.46. The van der Waals surface area contributed by atoms with E-state index >= 15 is 0 Å². The molecule has 0 spiro atoms. The first kappa shape index (κ1) is 17.8. The van der Waals surface area contributed by atoms with Crippen LogP contribution in [0.4, 0.5) is 10.2 Å². The van der Waals surface area contributed by atoms with Crippen LogP contribution in [0.25, 0.3) is 28.2 Å². The highest BCUT2D eigenvalue weighted by molar-refractivity contribution is 5.85. The lowest BCUT2D eigenvalue weighted by atomic mass is 10.0. The summed E-state index contributed by atoms with van der Waals surface area (Å²) < 4.78 is 22.1. The molecule has 3 aromatic heterocycles. The van der Waals surface area contributed by atoms with Crippen molar-refractivity contribution >= 4 is 11.3 Å². The second-order valence-electron chi connectivity index (χ2n) is 7.26. The lowest BCUT2D eigenvalue weighted by Crippen LogP contribution is -2.44. The fourth-order valence-corrected chi connectivity index (χ4v) is 3.90. The van der Waals surface area contributed by atoms with Crippen LogP contribution in [0.5, 0.6) is 0 Å². The molecule has 29 heavy (non-hydrogen) atoms. The number of hydrogen-bond acceptors (Lipinski definition) is 5. The minimum Gasteiger partial charge on any atom is -0.377 e. The molecule has 0 saturated carbocycles. The van der Waals surface area contributed by atoms with Gasteiger partial charge >= 0.3 is 0 Å². The highest BCUT2D eigenvalue weighted by atomic mass is 19.1. The van der Waals surface area contributed by atoms with Gasteiger partial charge in [0.15, 0.2) is 11.6 Å². The Morgan fingerprint density at radius 2 is 2.07 bits per heavy atom. The third kappa shape index (κ3) is 2.96.